The highest BCUT2D eigenvalue weighted by Gasteiger charge is 2.12. The normalized spacial score (nSPS) is 10.7. The van der Waals surface area contributed by atoms with Crippen molar-refractivity contribution in [2.75, 3.05) is 6.26 Å². The van der Waals surface area contributed by atoms with Gasteiger partial charge in [0.25, 0.3) is 0 Å². The lowest BCUT2D eigenvalue weighted by Gasteiger charge is -2.12. The van der Waals surface area contributed by atoms with E-state index in [2.05, 4.69) is 10.2 Å². The van der Waals surface area contributed by atoms with Crippen LogP contribution in [-0.4, -0.2) is 22.6 Å². The summed E-state index contributed by atoms with van der Waals surface area (Å²) in [7, 11) is 0. The van der Waals surface area contributed by atoms with Crippen molar-refractivity contribution in [3.63, 3.8) is 0 Å². The zero-order valence-corrected chi connectivity index (χ0v) is 12.0. The Bertz CT molecular complexity index is 606. The molecule has 0 atom stereocenters. The van der Waals surface area contributed by atoms with E-state index in [-0.39, 0.29) is 11.7 Å². The van der Waals surface area contributed by atoms with E-state index in [1.165, 1.54) is 4.90 Å². The van der Waals surface area contributed by atoms with Gasteiger partial charge in [-0.15, -0.1) is 11.8 Å². The maximum absolute atomic E-state index is 11.8. The first kappa shape index (κ1) is 13.7. The summed E-state index contributed by atoms with van der Waals surface area (Å²) in [6.07, 6.45) is 3.58. The van der Waals surface area contributed by atoms with Gasteiger partial charge in [0.15, 0.2) is 5.75 Å². The molecule has 0 aliphatic rings. The summed E-state index contributed by atoms with van der Waals surface area (Å²) in [5, 5.41) is 6.25. The van der Waals surface area contributed by atoms with Crippen molar-refractivity contribution in [1.29, 1.82) is 0 Å². The molecule has 0 bridgehead atoms. The molecule has 0 radical (unpaired) electrons. The highest BCUT2D eigenvalue weighted by atomic mass is 32.2. The molecule has 0 amide bonds. The Balaban J connectivity index is 2.48. The molecule has 19 heavy (non-hydrogen) atoms. The molecule has 4 nitrogen and oxygen atoms in total. The molecular weight excluding hydrogens is 260 g/mol. The predicted octanol–water partition coefficient (Wildman–Crippen LogP) is 2.95. The van der Waals surface area contributed by atoms with Gasteiger partial charge in [0, 0.05) is 10.5 Å². The summed E-state index contributed by atoms with van der Waals surface area (Å²) >= 11 is 1.68. The Morgan fingerprint density at radius 2 is 1.95 bits per heavy atom. The van der Waals surface area contributed by atoms with Crippen LogP contribution in [0.3, 0.4) is 0 Å². The van der Waals surface area contributed by atoms with Crippen molar-refractivity contribution in [3.05, 3.63) is 40.8 Å². The predicted molar refractivity (Wildman–Crippen MR) is 77.8 cm³/mol. The van der Waals surface area contributed by atoms with Gasteiger partial charge in [-0.1, -0.05) is 12.1 Å². The molecule has 5 heteroatoms. The van der Waals surface area contributed by atoms with Gasteiger partial charge in [0.05, 0.1) is 12.3 Å². The lowest BCUT2D eigenvalue weighted by molar-refractivity contribution is 0.239. The maximum atomic E-state index is 11.8. The second-order valence-corrected chi connectivity index (χ2v) is 5.22. The third-order valence-corrected chi connectivity index (χ3v) is 3.31. The molecule has 1 aromatic heterocycles. The third-order valence-electron chi connectivity index (χ3n) is 2.57. The molecule has 0 aliphatic heterocycles. The number of hydrogen-bond donors (Lipinski definition) is 1. The summed E-state index contributed by atoms with van der Waals surface area (Å²) in [6.45, 7) is 3.78. The van der Waals surface area contributed by atoms with E-state index in [4.69, 9.17) is 4.74 Å². The monoisotopic (exact) mass is 276 g/mol. The first-order valence-corrected chi connectivity index (χ1v) is 7.23. The van der Waals surface area contributed by atoms with Crippen LogP contribution in [0.2, 0.25) is 0 Å². The highest BCUT2D eigenvalue weighted by Crippen LogP contribution is 2.28. The van der Waals surface area contributed by atoms with Gasteiger partial charge in [-0.2, -0.15) is 5.10 Å². The van der Waals surface area contributed by atoms with E-state index >= 15 is 0 Å². The molecule has 100 valence electrons. The Morgan fingerprint density at radius 1 is 1.26 bits per heavy atom. The zero-order chi connectivity index (χ0) is 13.8. The Hall–Kier alpha value is -1.75. The quantitative estimate of drug-likeness (QED) is 0.872. The van der Waals surface area contributed by atoms with Gasteiger partial charge in [-0.25, -0.2) is 5.10 Å². The molecule has 0 unspecified atom stereocenters. The number of rotatable bonds is 4. The van der Waals surface area contributed by atoms with Crippen LogP contribution in [-0.2, 0) is 0 Å². The number of hydrogen-bond acceptors (Lipinski definition) is 4. The van der Waals surface area contributed by atoms with Gasteiger partial charge in [0.2, 0.25) is 0 Å². The van der Waals surface area contributed by atoms with Crippen molar-refractivity contribution < 1.29 is 4.74 Å². The highest BCUT2D eigenvalue weighted by molar-refractivity contribution is 7.98. The molecule has 1 aromatic carbocycles. The molecule has 0 fully saturated rings. The van der Waals surface area contributed by atoms with Crippen LogP contribution < -0.4 is 10.3 Å². The van der Waals surface area contributed by atoms with Crippen LogP contribution in [0.4, 0.5) is 0 Å². The molecule has 2 aromatic rings. The minimum atomic E-state index is -0.305. The topological polar surface area (TPSA) is 55.0 Å². The first-order valence-electron chi connectivity index (χ1n) is 6.00. The van der Waals surface area contributed by atoms with Crippen molar-refractivity contribution in [2.45, 2.75) is 24.8 Å². The number of nitrogens with one attached hydrogen (secondary N) is 1. The van der Waals surface area contributed by atoms with E-state index < -0.39 is 0 Å². The summed E-state index contributed by atoms with van der Waals surface area (Å²) in [6, 6.07) is 7.96. The van der Waals surface area contributed by atoms with Gasteiger partial charge in [-0.3, -0.25) is 4.79 Å². The fourth-order valence-corrected chi connectivity index (χ4v) is 2.12. The SMILES string of the molecule is CSc1ccc(-c2cn[nH]c(=O)c2OC(C)C)cc1. The number of aromatic amines is 1. The van der Waals surface area contributed by atoms with E-state index in [1.807, 2.05) is 44.4 Å². The average Bonchev–Trinajstić information content (AvgIpc) is 2.41. The number of H-pyrrole nitrogens is 1. The van der Waals surface area contributed by atoms with Gasteiger partial charge < -0.3 is 4.74 Å². The largest absolute Gasteiger partial charge is 0.485 e. The molecule has 1 heterocycles. The second kappa shape index (κ2) is 5.93. The van der Waals surface area contributed by atoms with E-state index in [1.54, 1.807) is 18.0 Å². The lowest BCUT2D eigenvalue weighted by atomic mass is 10.1. The number of benzene rings is 1. The van der Waals surface area contributed by atoms with E-state index in [0.29, 0.717) is 11.3 Å². The van der Waals surface area contributed by atoms with E-state index in [0.717, 1.165) is 5.56 Å². The van der Waals surface area contributed by atoms with Crippen LogP contribution in [0.5, 0.6) is 5.75 Å². The molecule has 0 saturated carbocycles. The number of ether oxygens (including phenoxy) is 1. The molecule has 2 rings (SSSR count). The fourth-order valence-electron chi connectivity index (χ4n) is 1.72. The Labute approximate surface area is 116 Å². The summed E-state index contributed by atoms with van der Waals surface area (Å²) in [5.41, 5.74) is 1.33. The second-order valence-electron chi connectivity index (χ2n) is 4.34. The van der Waals surface area contributed by atoms with Crippen LogP contribution in [0, 0.1) is 0 Å². The van der Waals surface area contributed by atoms with Crippen molar-refractivity contribution in [2.24, 2.45) is 0 Å². The zero-order valence-electron chi connectivity index (χ0n) is 11.1. The molecule has 0 spiro atoms. The van der Waals surface area contributed by atoms with Crippen molar-refractivity contribution in [1.82, 2.24) is 10.2 Å². The van der Waals surface area contributed by atoms with Crippen LogP contribution in [0.25, 0.3) is 11.1 Å². The van der Waals surface area contributed by atoms with Crippen LogP contribution >= 0.6 is 11.8 Å². The van der Waals surface area contributed by atoms with Crippen molar-refractivity contribution >= 4 is 11.8 Å². The average molecular weight is 276 g/mol. The van der Waals surface area contributed by atoms with Crippen LogP contribution in [0.1, 0.15) is 13.8 Å². The number of aromatic nitrogens is 2. The van der Waals surface area contributed by atoms with Crippen molar-refractivity contribution in [3.8, 4) is 16.9 Å². The number of thioether (sulfide) groups is 1. The van der Waals surface area contributed by atoms with Gasteiger partial charge in [-0.05, 0) is 37.8 Å². The fraction of sp³-hybridized carbons (Fsp3) is 0.286. The van der Waals surface area contributed by atoms with Gasteiger partial charge >= 0.3 is 5.56 Å². The summed E-state index contributed by atoms with van der Waals surface area (Å²) in [5.74, 6) is 0.321. The summed E-state index contributed by atoms with van der Waals surface area (Å²) in [4.78, 5) is 13.0. The van der Waals surface area contributed by atoms with Gasteiger partial charge in [0.1, 0.15) is 0 Å². The summed E-state index contributed by atoms with van der Waals surface area (Å²) < 4.78 is 5.60. The maximum Gasteiger partial charge on any atom is 0.307 e. The Kier molecular flexibility index (Phi) is 4.27. The number of nitrogens with zero attached hydrogens (tertiary/aromatic N) is 1. The third kappa shape index (κ3) is 3.17. The molecule has 0 aliphatic carbocycles. The molecular formula is C14H16N2O2S. The smallest absolute Gasteiger partial charge is 0.307 e. The first-order chi connectivity index (χ1) is 9.11. The molecule has 1 N–H and O–H groups in total. The standard InChI is InChI=1S/C14H16N2O2S/c1-9(2)18-13-12(8-15-16-14(13)17)10-4-6-11(19-3)7-5-10/h4-9H,1-3H3,(H,16,17). The Morgan fingerprint density at radius 3 is 2.53 bits per heavy atom. The lowest BCUT2D eigenvalue weighted by Crippen LogP contribution is -2.17. The minimum Gasteiger partial charge on any atom is -0.485 e. The van der Waals surface area contributed by atoms with E-state index in [9.17, 15) is 4.79 Å². The minimum absolute atomic E-state index is 0.0623. The molecule has 0 saturated heterocycles. The van der Waals surface area contributed by atoms with Crippen LogP contribution in [0.15, 0.2) is 40.2 Å².